The normalized spacial score (nSPS) is 25.1. The number of benzene rings is 1. The van der Waals surface area contributed by atoms with Gasteiger partial charge in [0.25, 0.3) is 0 Å². The minimum Gasteiger partial charge on any atom is -0.372 e. The van der Waals surface area contributed by atoms with Gasteiger partial charge in [-0.3, -0.25) is 9.69 Å². The van der Waals surface area contributed by atoms with Crippen LogP contribution in [0.5, 0.6) is 0 Å². The number of ether oxygens (including phenoxy) is 1. The van der Waals surface area contributed by atoms with E-state index in [1.165, 1.54) is 13.8 Å². The minimum absolute atomic E-state index is 0.0803. The maximum atomic E-state index is 13.0. The molecule has 9 heteroatoms. The highest BCUT2D eigenvalue weighted by Crippen LogP contribution is 2.38. The van der Waals surface area contributed by atoms with E-state index in [1.54, 1.807) is 0 Å². The van der Waals surface area contributed by atoms with Gasteiger partial charge in [-0.2, -0.15) is 26.3 Å². The number of alkyl halides is 6. The molecule has 1 saturated heterocycles. The fourth-order valence-corrected chi connectivity index (χ4v) is 3.45. The predicted octanol–water partition coefficient (Wildman–Crippen LogP) is 5.49. The van der Waals surface area contributed by atoms with Crippen LogP contribution in [0, 0.1) is 5.92 Å². The first kappa shape index (κ1) is 23.7. The molecule has 0 saturated carbocycles. The third-order valence-electron chi connectivity index (χ3n) is 5.75. The summed E-state index contributed by atoms with van der Waals surface area (Å²) in [6, 6.07) is 1.49. The van der Waals surface area contributed by atoms with Gasteiger partial charge < -0.3 is 4.74 Å². The third kappa shape index (κ3) is 5.72. The Balaban J connectivity index is 2.18. The van der Waals surface area contributed by atoms with Crippen molar-refractivity contribution in [1.29, 1.82) is 0 Å². The molecule has 2 rings (SSSR count). The lowest BCUT2D eigenvalue weighted by Crippen LogP contribution is -2.54. The zero-order chi connectivity index (χ0) is 22.2. The molecule has 1 aromatic rings. The van der Waals surface area contributed by atoms with Crippen LogP contribution in [0.4, 0.5) is 26.3 Å². The first-order valence-electron chi connectivity index (χ1n) is 9.26. The minimum atomic E-state index is -4.90. The van der Waals surface area contributed by atoms with Gasteiger partial charge in [-0.1, -0.05) is 0 Å². The second-order valence-electron chi connectivity index (χ2n) is 8.02. The van der Waals surface area contributed by atoms with E-state index in [2.05, 4.69) is 0 Å². The molecule has 1 aromatic carbocycles. The number of ketones is 1. The topological polar surface area (TPSA) is 29.5 Å². The van der Waals surface area contributed by atoms with Crippen molar-refractivity contribution in [1.82, 2.24) is 4.90 Å². The smallest absolute Gasteiger partial charge is 0.372 e. The molecule has 0 bridgehead atoms. The number of piperidine rings is 1. The van der Waals surface area contributed by atoms with E-state index in [9.17, 15) is 31.1 Å². The van der Waals surface area contributed by atoms with E-state index in [-0.39, 0.29) is 29.9 Å². The summed E-state index contributed by atoms with van der Waals surface area (Å²) in [5.41, 5.74) is -3.36. The highest BCUT2D eigenvalue weighted by atomic mass is 19.4. The summed E-state index contributed by atoms with van der Waals surface area (Å²) in [6.45, 7) is 5.52. The Hall–Kier alpha value is -1.61. The van der Waals surface area contributed by atoms with E-state index in [1.807, 2.05) is 18.9 Å². The Kier molecular flexibility index (Phi) is 6.74. The molecule has 1 heterocycles. The number of likely N-dealkylation sites (N-methyl/N-ethyl adjacent to an activating group) is 1. The van der Waals surface area contributed by atoms with Gasteiger partial charge in [-0.15, -0.1) is 0 Å². The molecular weight excluding hydrogens is 400 g/mol. The fraction of sp³-hybridized carbons (Fsp3) is 0.650. The second-order valence-corrected chi connectivity index (χ2v) is 8.02. The highest BCUT2D eigenvalue weighted by molar-refractivity contribution is 5.78. The Morgan fingerprint density at radius 3 is 2.10 bits per heavy atom. The number of rotatable bonds is 5. The van der Waals surface area contributed by atoms with Gasteiger partial charge in [0.1, 0.15) is 5.78 Å². The number of carbonyl (C=O) groups is 1. The van der Waals surface area contributed by atoms with E-state index in [0.29, 0.717) is 31.5 Å². The Morgan fingerprint density at radius 1 is 1.17 bits per heavy atom. The van der Waals surface area contributed by atoms with Crippen molar-refractivity contribution in [3.63, 3.8) is 0 Å². The number of likely N-dealkylation sites (tertiary alicyclic amines) is 1. The third-order valence-corrected chi connectivity index (χ3v) is 5.75. The van der Waals surface area contributed by atoms with Crippen LogP contribution in [-0.2, 0) is 21.9 Å². The number of halogens is 6. The monoisotopic (exact) mass is 425 g/mol. The van der Waals surface area contributed by atoms with Gasteiger partial charge in [0.05, 0.1) is 23.8 Å². The average Bonchev–Trinajstić information content (AvgIpc) is 2.60. The standard InChI is InChI=1S/C20H25F6NO2/c1-12(28)14-5-6-18(3,27(4)10-14)11-29-13(2)15-7-16(19(21,22)23)9-17(8-15)20(24,25)26/h7-9,13-14H,5-6,10-11H2,1-4H3/t13-,14?,18-/m1/s1. The summed E-state index contributed by atoms with van der Waals surface area (Å²) in [5.74, 6) is 0.0140. The SMILES string of the molecule is CC(=O)C1CC[C@](C)(CO[C@H](C)c2cc(C(F)(F)F)cc(C(F)(F)F)c2)N(C)C1. The quantitative estimate of drug-likeness (QED) is 0.584. The van der Waals surface area contributed by atoms with Crippen LogP contribution in [0.3, 0.4) is 0 Å². The lowest BCUT2D eigenvalue weighted by molar-refractivity contribution is -0.143. The number of hydrogen-bond acceptors (Lipinski definition) is 3. The van der Waals surface area contributed by atoms with Gasteiger partial charge in [-0.25, -0.2) is 0 Å². The van der Waals surface area contributed by atoms with Crippen molar-refractivity contribution in [2.24, 2.45) is 5.92 Å². The molecule has 0 radical (unpaired) electrons. The lowest BCUT2D eigenvalue weighted by atomic mass is 9.83. The van der Waals surface area contributed by atoms with Gasteiger partial charge in [0.15, 0.2) is 0 Å². The zero-order valence-electron chi connectivity index (χ0n) is 16.7. The van der Waals surface area contributed by atoms with Crippen LogP contribution in [0.2, 0.25) is 0 Å². The van der Waals surface area contributed by atoms with Crippen molar-refractivity contribution >= 4 is 5.78 Å². The van der Waals surface area contributed by atoms with Crippen molar-refractivity contribution in [3.8, 4) is 0 Å². The molecule has 1 aliphatic rings. The average molecular weight is 425 g/mol. The van der Waals surface area contributed by atoms with Crippen LogP contribution in [0.15, 0.2) is 18.2 Å². The Labute approximate surface area is 166 Å². The molecule has 0 aliphatic carbocycles. The summed E-state index contributed by atoms with van der Waals surface area (Å²) in [5, 5.41) is 0. The first-order valence-corrected chi connectivity index (χ1v) is 9.26. The van der Waals surface area contributed by atoms with Crippen LogP contribution in [0.25, 0.3) is 0 Å². The summed E-state index contributed by atoms with van der Waals surface area (Å²) < 4.78 is 84.0. The van der Waals surface area contributed by atoms with Gasteiger partial charge in [0, 0.05) is 18.0 Å². The molecule has 3 nitrogen and oxygen atoms in total. The Morgan fingerprint density at radius 2 is 1.69 bits per heavy atom. The molecule has 3 atom stereocenters. The van der Waals surface area contributed by atoms with Crippen molar-refractivity contribution in [2.45, 2.75) is 57.6 Å². The van der Waals surface area contributed by atoms with Gasteiger partial charge in [-0.05, 0) is 64.4 Å². The molecule has 0 amide bonds. The number of carbonyl (C=O) groups excluding carboxylic acids is 1. The lowest BCUT2D eigenvalue weighted by Gasteiger charge is -2.45. The Bertz CT molecular complexity index is 713. The molecule has 1 aliphatic heterocycles. The largest absolute Gasteiger partial charge is 0.416 e. The predicted molar refractivity (Wildman–Crippen MR) is 95.3 cm³/mol. The van der Waals surface area contributed by atoms with E-state index in [0.717, 1.165) is 0 Å². The van der Waals surface area contributed by atoms with Crippen molar-refractivity contribution < 1.29 is 35.9 Å². The summed E-state index contributed by atoms with van der Waals surface area (Å²) in [4.78, 5) is 13.6. The van der Waals surface area contributed by atoms with E-state index < -0.39 is 35.1 Å². The molecule has 1 fully saturated rings. The van der Waals surface area contributed by atoms with Crippen molar-refractivity contribution in [2.75, 3.05) is 20.2 Å². The van der Waals surface area contributed by atoms with Crippen LogP contribution >= 0.6 is 0 Å². The van der Waals surface area contributed by atoms with Crippen LogP contribution in [-0.4, -0.2) is 36.4 Å². The van der Waals surface area contributed by atoms with Gasteiger partial charge >= 0.3 is 12.4 Å². The van der Waals surface area contributed by atoms with Crippen molar-refractivity contribution in [3.05, 3.63) is 34.9 Å². The molecule has 0 spiro atoms. The first-order chi connectivity index (χ1) is 13.1. The molecule has 0 N–H and O–H groups in total. The fourth-order valence-electron chi connectivity index (χ4n) is 3.45. The van der Waals surface area contributed by atoms with E-state index >= 15 is 0 Å². The highest BCUT2D eigenvalue weighted by Gasteiger charge is 2.39. The maximum Gasteiger partial charge on any atom is 0.416 e. The summed E-state index contributed by atoms with van der Waals surface area (Å²) >= 11 is 0. The molecule has 0 aromatic heterocycles. The number of hydrogen-bond donors (Lipinski definition) is 0. The summed E-state index contributed by atoms with van der Waals surface area (Å²) in [7, 11) is 1.83. The van der Waals surface area contributed by atoms with E-state index in [4.69, 9.17) is 4.74 Å². The van der Waals surface area contributed by atoms with Crippen LogP contribution < -0.4 is 0 Å². The number of Topliss-reactive ketones (excluding diaryl/α,β-unsaturated/α-hetero) is 1. The number of nitrogens with zero attached hydrogens (tertiary/aromatic N) is 1. The molecule has 1 unspecified atom stereocenters. The maximum absolute atomic E-state index is 13.0. The van der Waals surface area contributed by atoms with Crippen LogP contribution in [0.1, 0.15) is 56.4 Å². The molecular formula is C20H25F6NO2. The summed E-state index contributed by atoms with van der Waals surface area (Å²) in [6.07, 6.45) is -9.46. The van der Waals surface area contributed by atoms with Gasteiger partial charge in [0.2, 0.25) is 0 Å². The second kappa shape index (κ2) is 8.26. The molecule has 164 valence electrons. The zero-order valence-corrected chi connectivity index (χ0v) is 16.7. The molecule has 29 heavy (non-hydrogen) atoms.